The number of aromatic nitrogens is 6. The first-order chi connectivity index (χ1) is 39.2. The molecule has 82 heavy (non-hydrogen) atoms. The highest BCUT2D eigenvalue weighted by Gasteiger charge is 2.42. The van der Waals surface area contributed by atoms with E-state index in [-0.39, 0.29) is 41.6 Å². The van der Waals surface area contributed by atoms with Gasteiger partial charge in [-0.3, -0.25) is 19.9 Å². The average Bonchev–Trinajstić information content (AvgIpc) is 2.02. The van der Waals surface area contributed by atoms with Crippen molar-refractivity contribution in [1.29, 1.82) is 0 Å². The third-order valence-corrected chi connectivity index (χ3v) is 13.4. The lowest BCUT2D eigenvalue weighted by molar-refractivity contribution is -0.384. The normalized spacial score (nSPS) is 11.7. The van der Waals surface area contributed by atoms with Crippen LogP contribution in [-0.2, 0) is 34.5 Å². The third kappa shape index (κ3) is 12.3. The quantitative estimate of drug-likeness (QED) is 0.0482. The highest BCUT2D eigenvalue weighted by molar-refractivity contribution is 5.92. The number of carboxylic acid groups (broad SMARTS) is 1. The Hall–Kier alpha value is -9.97. The number of aryl methyl sites for hydroxylation is 1. The molecule has 0 aliphatic rings. The van der Waals surface area contributed by atoms with Gasteiger partial charge in [-0.05, 0) is 122 Å². The van der Waals surface area contributed by atoms with E-state index < -0.39 is 39.8 Å². The second kappa shape index (κ2) is 23.8. The topological polar surface area (TPSA) is 210 Å². The van der Waals surface area contributed by atoms with Crippen molar-refractivity contribution in [3.63, 3.8) is 0 Å². The number of imidazole rings is 1. The summed E-state index contributed by atoms with van der Waals surface area (Å²) in [4.78, 5) is 59.2. The Balaban J connectivity index is 1.02. The van der Waals surface area contributed by atoms with Gasteiger partial charge in [0.2, 0.25) is 0 Å². The fourth-order valence-corrected chi connectivity index (χ4v) is 9.85. The molecule has 0 saturated heterocycles. The summed E-state index contributed by atoms with van der Waals surface area (Å²) in [5.41, 5.74) is 3.55. The van der Waals surface area contributed by atoms with Gasteiger partial charge in [0.05, 0.1) is 17.2 Å². The number of carbonyl (C=O) groups excluding carboxylic acids is 2. The summed E-state index contributed by atoms with van der Waals surface area (Å²) in [5.74, 6) is 0.323. The van der Waals surface area contributed by atoms with E-state index in [2.05, 4.69) is 41.6 Å². The van der Waals surface area contributed by atoms with Gasteiger partial charge in [-0.15, -0.1) is 5.10 Å². The van der Waals surface area contributed by atoms with E-state index in [1.165, 1.54) is 30.1 Å². The zero-order valence-electron chi connectivity index (χ0n) is 46.9. The number of nitro benzene ring substituents is 1. The Bertz CT molecular complexity index is 3630. The minimum Gasteiger partial charge on any atom is -0.477 e. The molecule has 0 fully saturated rings. The van der Waals surface area contributed by atoms with Crippen molar-refractivity contribution in [1.82, 2.24) is 29.8 Å². The molecule has 0 atom stereocenters. The highest BCUT2D eigenvalue weighted by atomic mass is 16.6. The minimum atomic E-state index is -1.22. The lowest BCUT2D eigenvalue weighted by Crippen LogP contribution is -2.39. The smallest absolute Gasteiger partial charge is 0.415 e. The zero-order valence-corrected chi connectivity index (χ0v) is 46.9. The summed E-state index contributed by atoms with van der Waals surface area (Å²) in [7, 11) is 1.37. The molecule has 7 aromatic carbocycles. The number of ether oxygens (including phenoxy) is 3. The van der Waals surface area contributed by atoms with E-state index in [1.54, 1.807) is 70.4 Å². The summed E-state index contributed by atoms with van der Waals surface area (Å²) < 4.78 is 21.0. The SMILES string of the molecule is CCCc1nc(CN(C(=O)OC(C)(C)C)c2ccc(Oc3ccc([N+](=O)[O-])c(N(C)C(=O)OC(C)(C)C)c3)cc2)c(C(=O)O)n1Cc1ccc(-c2ccccc2-c2nnnn2C(c2ccccc2)(c2ccccc2)c2ccccc2)cc1. The van der Waals surface area contributed by atoms with Crippen molar-refractivity contribution in [2.24, 2.45) is 0 Å². The second-order valence-electron chi connectivity index (χ2n) is 21.5. The van der Waals surface area contributed by atoms with E-state index in [0.29, 0.717) is 35.9 Å². The molecule has 2 heterocycles. The molecule has 0 spiro atoms. The predicted molar refractivity (Wildman–Crippen MR) is 312 cm³/mol. The molecular weight excluding hydrogens is 1040 g/mol. The maximum absolute atomic E-state index is 14.2. The van der Waals surface area contributed by atoms with Crippen molar-refractivity contribution in [3.8, 4) is 34.0 Å². The van der Waals surface area contributed by atoms with Crippen LogP contribution in [0.3, 0.4) is 0 Å². The largest absolute Gasteiger partial charge is 0.477 e. The van der Waals surface area contributed by atoms with E-state index in [4.69, 9.17) is 29.5 Å². The number of aromatic carboxylic acids is 1. The number of nitro groups is 1. The van der Waals surface area contributed by atoms with Gasteiger partial charge >= 0.3 is 18.2 Å². The van der Waals surface area contributed by atoms with Crippen LogP contribution in [0.15, 0.2) is 182 Å². The van der Waals surface area contributed by atoms with Gasteiger partial charge in [0, 0.05) is 43.4 Å². The molecule has 9 aromatic rings. The molecule has 418 valence electrons. The van der Waals surface area contributed by atoms with Crippen LogP contribution in [0.5, 0.6) is 11.5 Å². The Morgan fingerprint density at radius 1 is 0.671 bits per heavy atom. The van der Waals surface area contributed by atoms with Crippen LogP contribution in [0.2, 0.25) is 0 Å². The van der Waals surface area contributed by atoms with Gasteiger partial charge in [-0.2, -0.15) is 0 Å². The minimum absolute atomic E-state index is 0.0516. The standard InChI is InChI=1S/C64H63N9O9/c1-9-21-56-65-53(42-70(61(77)82-63(5,6)7)48-34-36-49(37-35-48)80-50-38-39-54(73(78)79)55(40-50)69(8)60(76)81-62(2,3)4)57(59(74)75)71(56)41-43-30-32-44(33-31-43)51-28-19-20-29-52(51)58-66-67-68-72(58)64(45-22-13-10-14-23-45,46-24-15-11-16-25-46)47-26-17-12-18-27-47/h10-20,22-40H,9,21,41-42H2,1-8H3,(H,74,75). The van der Waals surface area contributed by atoms with Crippen LogP contribution >= 0.6 is 0 Å². The molecule has 0 aliphatic heterocycles. The number of hydrogen-bond acceptors (Lipinski definition) is 12. The molecule has 0 radical (unpaired) electrons. The molecule has 2 amide bonds. The average molecular weight is 1100 g/mol. The number of carboxylic acids is 1. The number of rotatable bonds is 18. The number of nitrogens with zero attached hydrogens (tertiary/aromatic N) is 9. The van der Waals surface area contributed by atoms with Crippen LogP contribution in [0.25, 0.3) is 22.5 Å². The first kappa shape index (κ1) is 56.7. The van der Waals surface area contributed by atoms with Crippen LogP contribution < -0.4 is 14.5 Å². The molecule has 9 rings (SSSR count). The number of benzene rings is 7. The maximum Gasteiger partial charge on any atom is 0.415 e. The molecule has 2 aromatic heterocycles. The van der Waals surface area contributed by atoms with Crippen LogP contribution in [0, 0.1) is 10.1 Å². The number of tetrazole rings is 1. The van der Waals surface area contributed by atoms with Gasteiger partial charge in [0.15, 0.2) is 11.5 Å². The first-order valence-electron chi connectivity index (χ1n) is 26.7. The van der Waals surface area contributed by atoms with E-state index in [9.17, 15) is 29.6 Å². The summed E-state index contributed by atoms with van der Waals surface area (Å²) in [6, 6.07) is 56.9. The van der Waals surface area contributed by atoms with Crippen LogP contribution in [0.4, 0.5) is 26.7 Å². The van der Waals surface area contributed by atoms with Gasteiger partial charge in [-0.1, -0.05) is 146 Å². The Labute approximate surface area is 475 Å². The predicted octanol–water partition coefficient (Wildman–Crippen LogP) is 13.8. The Kier molecular flexibility index (Phi) is 16.5. The van der Waals surface area contributed by atoms with Crippen molar-refractivity contribution >= 4 is 35.2 Å². The summed E-state index contributed by atoms with van der Waals surface area (Å²) in [6.07, 6.45) is -0.426. The molecule has 0 saturated carbocycles. The maximum atomic E-state index is 14.2. The molecular formula is C64H63N9O9. The fraction of sp³-hybridized carbons (Fsp3) is 0.234. The highest BCUT2D eigenvalue weighted by Crippen LogP contribution is 2.44. The molecule has 0 aliphatic carbocycles. The summed E-state index contributed by atoms with van der Waals surface area (Å²) in [6.45, 7) is 12.1. The van der Waals surface area contributed by atoms with Crippen molar-refractivity contribution < 1.29 is 38.6 Å². The molecule has 1 N–H and O–H groups in total. The van der Waals surface area contributed by atoms with Crippen molar-refractivity contribution in [3.05, 3.63) is 232 Å². The van der Waals surface area contributed by atoms with Crippen molar-refractivity contribution in [2.75, 3.05) is 16.8 Å². The number of hydrogen-bond donors (Lipinski definition) is 1. The number of amides is 2. The fourth-order valence-electron chi connectivity index (χ4n) is 9.85. The lowest BCUT2D eigenvalue weighted by atomic mass is 9.77. The summed E-state index contributed by atoms with van der Waals surface area (Å²) in [5, 5.41) is 36.8. The second-order valence-corrected chi connectivity index (χ2v) is 21.5. The van der Waals surface area contributed by atoms with Gasteiger partial charge in [0.25, 0.3) is 5.69 Å². The summed E-state index contributed by atoms with van der Waals surface area (Å²) >= 11 is 0. The van der Waals surface area contributed by atoms with E-state index in [0.717, 1.165) is 43.8 Å². The first-order valence-corrected chi connectivity index (χ1v) is 26.7. The third-order valence-electron chi connectivity index (χ3n) is 13.4. The lowest BCUT2D eigenvalue weighted by Gasteiger charge is -2.36. The van der Waals surface area contributed by atoms with Crippen LogP contribution in [0.1, 0.15) is 99.1 Å². The Morgan fingerprint density at radius 3 is 1.74 bits per heavy atom. The number of anilines is 2. The van der Waals surface area contributed by atoms with Crippen LogP contribution in [-0.4, -0.2) is 76.2 Å². The Morgan fingerprint density at radius 2 is 1.21 bits per heavy atom. The molecule has 18 heteroatoms. The monoisotopic (exact) mass is 1100 g/mol. The molecule has 0 bridgehead atoms. The zero-order chi connectivity index (χ0) is 58.3. The van der Waals surface area contributed by atoms with Gasteiger partial charge in [0.1, 0.15) is 39.8 Å². The van der Waals surface area contributed by atoms with E-state index in [1.807, 2.05) is 115 Å². The number of carbonyl (C=O) groups is 3. The van der Waals surface area contributed by atoms with Gasteiger partial charge < -0.3 is 23.9 Å². The molecule has 18 nitrogen and oxygen atoms in total. The molecule has 0 unspecified atom stereocenters. The van der Waals surface area contributed by atoms with Crippen molar-refractivity contribution in [2.45, 2.75) is 91.1 Å². The van der Waals surface area contributed by atoms with Gasteiger partial charge in [-0.25, -0.2) is 24.0 Å². The van der Waals surface area contributed by atoms with E-state index >= 15 is 0 Å².